The summed E-state index contributed by atoms with van der Waals surface area (Å²) in [4.78, 5) is 55.1. The van der Waals surface area contributed by atoms with E-state index in [2.05, 4.69) is 15.6 Å². The molecular formula is C25H22N4O4. The molecule has 1 aromatic heterocycles. The largest absolute Gasteiger partial charge is 0.348 e. The Morgan fingerprint density at radius 2 is 1.70 bits per heavy atom. The third-order valence-corrected chi connectivity index (χ3v) is 5.26. The first kappa shape index (κ1) is 21.9. The molecule has 1 aliphatic heterocycles. The van der Waals surface area contributed by atoms with Crippen LogP contribution in [0, 0.1) is 0 Å². The summed E-state index contributed by atoms with van der Waals surface area (Å²) in [6.07, 6.45) is 3.07. The van der Waals surface area contributed by atoms with Crippen LogP contribution < -0.4 is 10.6 Å². The Hall–Kier alpha value is -4.33. The van der Waals surface area contributed by atoms with E-state index in [0.29, 0.717) is 22.4 Å². The normalized spacial score (nSPS) is 12.6. The number of hydrogen-bond acceptors (Lipinski definition) is 5. The highest BCUT2D eigenvalue weighted by molar-refractivity contribution is 6.22. The lowest BCUT2D eigenvalue weighted by Gasteiger charge is -2.17. The van der Waals surface area contributed by atoms with E-state index in [1.165, 1.54) is 29.3 Å². The molecule has 8 heteroatoms. The summed E-state index contributed by atoms with van der Waals surface area (Å²) in [7, 11) is 0. The van der Waals surface area contributed by atoms with Crippen LogP contribution in [0.15, 0.2) is 67.0 Å². The van der Waals surface area contributed by atoms with Crippen molar-refractivity contribution in [1.29, 1.82) is 0 Å². The molecule has 1 aliphatic rings. The number of nitrogens with zero attached hydrogens (tertiary/aromatic N) is 2. The summed E-state index contributed by atoms with van der Waals surface area (Å²) in [5.74, 6) is -1.39. The van der Waals surface area contributed by atoms with Gasteiger partial charge < -0.3 is 10.6 Å². The van der Waals surface area contributed by atoms with Gasteiger partial charge in [0, 0.05) is 36.2 Å². The van der Waals surface area contributed by atoms with Crippen molar-refractivity contribution in [2.45, 2.75) is 26.4 Å². The molecule has 4 amide bonds. The van der Waals surface area contributed by atoms with E-state index < -0.39 is 5.91 Å². The fraction of sp³-hybridized carbons (Fsp3) is 0.160. The summed E-state index contributed by atoms with van der Waals surface area (Å²) in [6, 6.07) is 14.7. The van der Waals surface area contributed by atoms with Gasteiger partial charge in [0.2, 0.25) is 0 Å². The lowest BCUT2D eigenvalue weighted by Crippen LogP contribution is -2.35. The number of nitrogens with one attached hydrogen (secondary N) is 2. The zero-order valence-corrected chi connectivity index (χ0v) is 18.2. The van der Waals surface area contributed by atoms with Gasteiger partial charge in [-0.25, -0.2) is 0 Å². The number of benzene rings is 2. The Morgan fingerprint density at radius 1 is 0.909 bits per heavy atom. The molecule has 0 aliphatic carbocycles. The van der Waals surface area contributed by atoms with E-state index in [-0.39, 0.29) is 35.9 Å². The average Bonchev–Trinajstić information content (AvgIpc) is 3.07. The Kier molecular flexibility index (Phi) is 5.99. The molecule has 2 heterocycles. The maximum atomic E-state index is 12.7. The van der Waals surface area contributed by atoms with Gasteiger partial charge in [0.15, 0.2) is 0 Å². The van der Waals surface area contributed by atoms with Crippen LogP contribution in [0.3, 0.4) is 0 Å². The van der Waals surface area contributed by atoms with Crippen LogP contribution in [0.2, 0.25) is 0 Å². The first-order valence-corrected chi connectivity index (χ1v) is 10.5. The minimum absolute atomic E-state index is 0.220. The highest BCUT2D eigenvalue weighted by Gasteiger charge is 2.37. The van der Waals surface area contributed by atoms with Crippen molar-refractivity contribution in [3.8, 4) is 0 Å². The maximum absolute atomic E-state index is 12.7. The summed E-state index contributed by atoms with van der Waals surface area (Å²) < 4.78 is 0. The minimum atomic E-state index is -0.392. The average molecular weight is 442 g/mol. The van der Waals surface area contributed by atoms with E-state index in [4.69, 9.17) is 0 Å². The summed E-state index contributed by atoms with van der Waals surface area (Å²) in [5.41, 5.74) is 2.65. The first-order chi connectivity index (χ1) is 15.8. The van der Waals surface area contributed by atoms with Gasteiger partial charge in [-0.3, -0.25) is 29.1 Å². The second kappa shape index (κ2) is 9.04. The van der Waals surface area contributed by atoms with Gasteiger partial charge in [-0.15, -0.1) is 0 Å². The van der Waals surface area contributed by atoms with Crippen molar-refractivity contribution < 1.29 is 19.2 Å². The number of aromatic nitrogens is 1. The van der Waals surface area contributed by atoms with Crippen LogP contribution in [-0.2, 0) is 6.54 Å². The second-order valence-electron chi connectivity index (χ2n) is 7.91. The van der Waals surface area contributed by atoms with Gasteiger partial charge in [0.1, 0.15) is 0 Å². The third kappa shape index (κ3) is 4.50. The molecule has 0 saturated carbocycles. The number of rotatable bonds is 6. The van der Waals surface area contributed by atoms with Crippen LogP contribution in [-0.4, -0.2) is 39.6 Å². The fourth-order valence-corrected chi connectivity index (χ4v) is 3.61. The van der Waals surface area contributed by atoms with Crippen LogP contribution in [0.1, 0.15) is 60.8 Å². The Bertz CT molecular complexity index is 1250. The number of carbonyl (C=O) groups is 4. The number of imide groups is 1. The molecule has 0 fully saturated rings. The van der Waals surface area contributed by atoms with E-state index >= 15 is 0 Å². The quantitative estimate of drug-likeness (QED) is 0.570. The number of amides is 4. The van der Waals surface area contributed by atoms with Gasteiger partial charge in [0.05, 0.1) is 16.7 Å². The Balaban J connectivity index is 1.42. The molecular weight excluding hydrogens is 420 g/mol. The Morgan fingerprint density at radius 3 is 2.42 bits per heavy atom. The van der Waals surface area contributed by atoms with Crippen LogP contribution in [0.4, 0.5) is 5.69 Å². The monoisotopic (exact) mass is 442 g/mol. The number of hydrogen-bond donors (Lipinski definition) is 2. The van der Waals surface area contributed by atoms with Gasteiger partial charge in [-0.2, -0.15) is 0 Å². The first-order valence-electron chi connectivity index (χ1n) is 10.5. The van der Waals surface area contributed by atoms with Gasteiger partial charge >= 0.3 is 0 Å². The molecule has 4 rings (SSSR count). The molecule has 2 aromatic carbocycles. The van der Waals surface area contributed by atoms with Crippen molar-refractivity contribution in [1.82, 2.24) is 15.2 Å². The molecule has 0 spiro atoms. The molecule has 2 N–H and O–H groups in total. The van der Waals surface area contributed by atoms with E-state index in [9.17, 15) is 19.2 Å². The third-order valence-electron chi connectivity index (χ3n) is 5.26. The highest BCUT2D eigenvalue weighted by Crippen LogP contribution is 2.25. The predicted octanol–water partition coefficient (Wildman–Crippen LogP) is 3.27. The van der Waals surface area contributed by atoms with Gasteiger partial charge in [0.25, 0.3) is 23.6 Å². The van der Waals surface area contributed by atoms with Crippen molar-refractivity contribution in [3.05, 3.63) is 94.8 Å². The van der Waals surface area contributed by atoms with Crippen molar-refractivity contribution >= 4 is 29.3 Å². The van der Waals surface area contributed by atoms with Gasteiger partial charge in [-0.1, -0.05) is 12.1 Å². The predicted molar refractivity (Wildman–Crippen MR) is 122 cm³/mol. The van der Waals surface area contributed by atoms with Gasteiger partial charge in [-0.05, 0) is 61.9 Å². The topological polar surface area (TPSA) is 108 Å². The van der Waals surface area contributed by atoms with Crippen molar-refractivity contribution in [2.24, 2.45) is 0 Å². The maximum Gasteiger partial charge on any atom is 0.261 e. The van der Waals surface area contributed by atoms with Crippen molar-refractivity contribution in [3.63, 3.8) is 0 Å². The molecule has 0 atom stereocenters. The smallest absolute Gasteiger partial charge is 0.261 e. The molecule has 166 valence electrons. The Labute approximate surface area is 190 Å². The molecule has 0 saturated heterocycles. The molecule has 3 aromatic rings. The number of anilines is 1. The van der Waals surface area contributed by atoms with Crippen LogP contribution in [0.5, 0.6) is 0 Å². The number of carbonyl (C=O) groups excluding carboxylic acids is 4. The fourth-order valence-electron chi connectivity index (χ4n) is 3.61. The minimum Gasteiger partial charge on any atom is -0.348 e. The summed E-state index contributed by atoms with van der Waals surface area (Å²) in [5, 5.41) is 5.61. The molecule has 33 heavy (non-hydrogen) atoms. The lowest BCUT2D eigenvalue weighted by atomic mass is 10.1. The van der Waals surface area contributed by atoms with Crippen molar-refractivity contribution in [2.75, 3.05) is 5.32 Å². The molecule has 0 bridgehead atoms. The van der Waals surface area contributed by atoms with E-state index in [1.807, 2.05) is 6.07 Å². The van der Waals surface area contributed by atoms with E-state index in [1.54, 1.807) is 50.4 Å². The standard InChI is InChI=1S/C25H22N4O4/c1-15(2)29-24(32)20-9-8-17(12-21(20)25(29)33)22(30)27-13-16-5-3-7-19(11-16)28-23(31)18-6-4-10-26-14-18/h3-12,14-15H,13H2,1-2H3,(H,27,30)(H,28,31). The zero-order valence-electron chi connectivity index (χ0n) is 18.2. The summed E-state index contributed by atoms with van der Waals surface area (Å²) >= 11 is 0. The van der Waals surface area contributed by atoms with Crippen LogP contribution in [0.25, 0.3) is 0 Å². The summed E-state index contributed by atoms with van der Waals surface area (Å²) in [6.45, 7) is 3.75. The molecule has 0 unspecified atom stereocenters. The zero-order chi connectivity index (χ0) is 23.5. The second-order valence-corrected chi connectivity index (χ2v) is 7.91. The number of fused-ring (bicyclic) bond motifs is 1. The number of pyridine rings is 1. The van der Waals surface area contributed by atoms with Crippen LogP contribution >= 0.6 is 0 Å². The molecule has 8 nitrogen and oxygen atoms in total. The lowest BCUT2D eigenvalue weighted by molar-refractivity contribution is 0.0608. The highest BCUT2D eigenvalue weighted by atomic mass is 16.2. The van der Waals surface area contributed by atoms with E-state index in [0.717, 1.165) is 5.56 Å². The SMILES string of the molecule is CC(C)N1C(=O)c2ccc(C(=O)NCc3cccc(NC(=O)c4cccnc4)c3)cc2C1=O. The molecule has 0 radical (unpaired) electrons.